The van der Waals surface area contributed by atoms with Gasteiger partial charge in [-0.25, -0.2) is 9.18 Å². The van der Waals surface area contributed by atoms with Crippen molar-refractivity contribution in [3.63, 3.8) is 0 Å². The van der Waals surface area contributed by atoms with Crippen molar-refractivity contribution in [2.45, 2.75) is 6.54 Å². The molecule has 0 unspecified atom stereocenters. The Morgan fingerprint density at radius 3 is 2.48 bits per heavy atom. The van der Waals surface area contributed by atoms with E-state index in [1.54, 1.807) is 53.4 Å². The fourth-order valence-corrected chi connectivity index (χ4v) is 3.29. The van der Waals surface area contributed by atoms with E-state index in [1.807, 2.05) is 0 Å². The van der Waals surface area contributed by atoms with Crippen LogP contribution in [0.4, 0.5) is 4.39 Å². The second kappa shape index (κ2) is 9.40. The van der Waals surface area contributed by atoms with E-state index in [9.17, 15) is 18.8 Å². The Morgan fingerprint density at radius 1 is 1.06 bits per heavy atom. The van der Waals surface area contributed by atoms with E-state index in [0.717, 1.165) is 0 Å². The molecule has 6 nitrogen and oxygen atoms in total. The molecule has 0 saturated heterocycles. The minimum absolute atomic E-state index is 0.0807. The Labute approximate surface area is 188 Å². The minimum Gasteiger partial charge on any atom is -0.493 e. The number of ketones is 2. The molecular formula is C26H19FNO5+. The van der Waals surface area contributed by atoms with Gasteiger partial charge < -0.3 is 9.15 Å². The highest BCUT2D eigenvalue weighted by molar-refractivity contribution is 6.08. The Kier molecular flexibility index (Phi) is 6.22. The van der Waals surface area contributed by atoms with Gasteiger partial charge in [-0.15, -0.1) is 0 Å². The van der Waals surface area contributed by atoms with Gasteiger partial charge in [0.1, 0.15) is 11.4 Å². The molecule has 2 heterocycles. The Balaban J connectivity index is 1.47. The summed E-state index contributed by atoms with van der Waals surface area (Å²) in [7, 11) is 1.47. The summed E-state index contributed by atoms with van der Waals surface area (Å²) >= 11 is 0. The first-order valence-electron chi connectivity index (χ1n) is 10.1. The number of rotatable bonds is 7. The molecule has 0 fully saturated rings. The first-order chi connectivity index (χ1) is 15.9. The molecule has 164 valence electrons. The number of fused-ring (bicyclic) bond motifs is 1. The summed E-state index contributed by atoms with van der Waals surface area (Å²) in [6, 6.07) is 15.5. The van der Waals surface area contributed by atoms with Gasteiger partial charge in [-0.2, -0.15) is 4.57 Å². The predicted molar refractivity (Wildman–Crippen MR) is 120 cm³/mol. The number of methoxy groups -OCH3 is 1. The third kappa shape index (κ3) is 4.93. The van der Waals surface area contributed by atoms with Crippen LogP contribution in [0.15, 0.2) is 88.3 Å². The second-order valence-electron chi connectivity index (χ2n) is 7.26. The Morgan fingerprint density at radius 2 is 1.79 bits per heavy atom. The van der Waals surface area contributed by atoms with E-state index < -0.39 is 17.2 Å². The molecule has 2 aromatic carbocycles. The van der Waals surface area contributed by atoms with Crippen LogP contribution in [0.1, 0.15) is 26.3 Å². The molecule has 0 radical (unpaired) electrons. The molecule has 0 amide bonds. The van der Waals surface area contributed by atoms with Crippen molar-refractivity contribution in [1.29, 1.82) is 0 Å². The summed E-state index contributed by atoms with van der Waals surface area (Å²) in [6.45, 7) is 0.0934. The molecule has 0 atom stereocenters. The zero-order valence-electron chi connectivity index (χ0n) is 17.7. The normalized spacial score (nSPS) is 11.1. The quantitative estimate of drug-likeness (QED) is 0.186. The van der Waals surface area contributed by atoms with Crippen molar-refractivity contribution >= 4 is 28.6 Å². The molecule has 0 aliphatic carbocycles. The van der Waals surface area contributed by atoms with Gasteiger partial charge in [0.25, 0.3) is 0 Å². The number of allylic oxidation sites excluding steroid dienone is 1. The Hall–Kier alpha value is -4.39. The number of aromatic nitrogens is 1. The molecule has 2 aromatic heterocycles. The molecule has 0 saturated carbocycles. The van der Waals surface area contributed by atoms with Gasteiger partial charge in [-0.3, -0.25) is 9.59 Å². The molecule has 0 aliphatic heterocycles. The van der Waals surface area contributed by atoms with Crippen molar-refractivity contribution in [2.24, 2.45) is 0 Å². The fourth-order valence-electron chi connectivity index (χ4n) is 3.29. The smallest absolute Gasteiger partial charge is 0.347 e. The van der Waals surface area contributed by atoms with Gasteiger partial charge in [0.05, 0.1) is 7.11 Å². The van der Waals surface area contributed by atoms with Crippen LogP contribution >= 0.6 is 0 Å². The molecule has 4 aromatic rings. The summed E-state index contributed by atoms with van der Waals surface area (Å²) in [6.07, 6.45) is 6.26. The number of carbonyl (C=O) groups is 2. The number of hydrogen-bond acceptors (Lipinski definition) is 5. The number of Topliss-reactive ketones (excluding diaryl/α,β-unsaturated/α-hetero) is 1. The van der Waals surface area contributed by atoms with E-state index in [4.69, 9.17) is 9.15 Å². The third-order valence-electron chi connectivity index (χ3n) is 5.05. The number of pyridine rings is 1. The average molecular weight is 444 g/mol. The van der Waals surface area contributed by atoms with Gasteiger partial charge >= 0.3 is 5.63 Å². The van der Waals surface area contributed by atoms with Crippen molar-refractivity contribution in [3.8, 4) is 5.75 Å². The van der Waals surface area contributed by atoms with Crippen LogP contribution in [0, 0.1) is 5.82 Å². The number of ether oxygens (including phenoxy) is 1. The van der Waals surface area contributed by atoms with Crippen LogP contribution in [0.3, 0.4) is 0 Å². The topological polar surface area (TPSA) is 77.5 Å². The van der Waals surface area contributed by atoms with Crippen LogP contribution < -0.4 is 14.9 Å². The monoisotopic (exact) mass is 444 g/mol. The van der Waals surface area contributed by atoms with Crippen molar-refractivity contribution < 1.29 is 27.7 Å². The van der Waals surface area contributed by atoms with E-state index >= 15 is 0 Å². The maximum absolute atomic E-state index is 13.0. The molecule has 4 rings (SSSR count). The molecule has 0 aliphatic rings. The van der Waals surface area contributed by atoms with Crippen LogP contribution in [-0.4, -0.2) is 18.7 Å². The zero-order valence-corrected chi connectivity index (χ0v) is 17.7. The minimum atomic E-state index is -0.744. The average Bonchev–Trinajstić information content (AvgIpc) is 2.83. The number of halogens is 1. The predicted octanol–water partition coefficient (Wildman–Crippen LogP) is 4.01. The largest absolute Gasteiger partial charge is 0.493 e. The third-order valence-corrected chi connectivity index (χ3v) is 5.05. The summed E-state index contributed by atoms with van der Waals surface area (Å²) in [5.41, 5.74) is 0.592. The van der Waals surface area contributed by atoms with E-state index in [1.165, 1.54) is 43.5 Å². The highest BCUT2D eigenvalue weighted by atomic mass is 19.1. The van der Waals surface area contributed by atoms with E-state index in [0.29, 0.717) is 22.3 Å². The maximum atomic E-state index is 13.0. The second-order valence-corrected chi connectivity index (χ2v) is 7.26. The highest BCUT2D eigenvalue weighted by Crippen LogP contribution is 2.24. The van der Waals surface area contributed by atoms with Crippen LogP contribution in [0.2, 0.25) is 0 Å². The lowest BCUT2D eigenvalue weighted by atomic mass is 10.1. The zero-order chi connectivity index (χ0) is 23.4. The number of nitrogens with zero attached hydrogens (tertiary/aromatic N) is 1. The van der Waals surface area contributed by atoms with Crippen molar-refractivity contribution in [2.75, 3.05) is 7.11 Å². The van der Waals surface area contributed by atoms with Gasteiger partial charge in [0, 0.05) is 23.1 Å². The molecule has 0 bridgehead atoms. The van der Waals surface area contributed by atoms with Gasteiger partial charge in [-0.05, 0) is 48.0 Å². The van der Waals surface area contributed by atoms with Gasteiger partial charge in [0.2, 0.25) is 12.3 Å². The molecule has 0 N–H and O–H groups in total. The van der Waals surface area contributed by atoms with Crippen LogP contribution in [0.25, 0.3) is 17.0 Å². The summed E-state index contributed by atoms with van der Waals surface area (Å²) in [5, 5.41) is 0.581. The number of carbonyl (C=O) groups excluding carboxylic acids is 2. The van der Waals surface area contributed by atoms with Gasteiger partial charge in [0.15, 0.2) is 29.5 Å². The number of hydrogen-bond donors (Lipinski definition) is 0. The molecule has 7 heteroatoms. The van der Waals surface area contributed by atoms with Crippen molar-refractivity contribution in [3.05, 3.63) is 112 Å². The summed E-state index contributed by atoms with van der Waals surface area (Å²) in [4.78, 5) is 37.2. The lowest BCUT2D eigenvalue weighted by molar-refractivity contribution is -0.683. The summed E-state index contributed by atoms with van der Waals surface area (Å²) in [5.74, 6) is -0.629. The standard InChI is InChI=1S/C26H19FNO5/c1-32-24-4-2-3-19-15-21(26(31)33-25(19)24)22(29)10-5-17-11-13-28(14-12-17)16-23(30)18-6-8-20(27)9-7-18/h2-15H,16H2,1H3/q+1/b10-5+. The van der Waals surface area contributed by atoms with E-state index in [2.05, 4.69) is 0 Å². The molecule has 0 spiro atoms. The van der Waals surface area contributed by atoms with Gasteiger partial charge in [-0.1, -0.05) is 18.2 Å². The first kappa shape index (κ1) is 21.8. The highest BCUT2D eigenvalue weighted by Gasteiger charge is 2.14. The Bertz CT molecular complexity index is 1420. The SMILES string of the molecule is COc1cccc2cc(C(=O)/C=C/c3cc[n+](CC(=O)c4ccc(F)cc4)cc3)c(=O)oc12. The number of para-hydroxylation sites is 1. The summed E-state index contributed by atoms with van der Waals surface area (Å²) < 4.78 is 25.2. The van der Waals surface area contributed by atoms with Crippen LogP contribution in [0.5, 0.6) is 5.75 Å². The first-order valence-corrected chi connectivity index (χ1v) is 10.1. The van der Waals surface area contributed by atoms with Crippen LogP contribution in [-0.2, 0) is 6.54 Å². The van der Waals surface area contributed by atoms with Crippen molar-refractivity contribution in [1.82, 2.24) is 0 Å². The lowest BCUT2D eigenvalue weighted by Crippen LogP contribution is -2.37. The lowest BCUT2D eigenvalue weighted by Gasteiger charge is -2.04. The maximum Gasteiger partial charge on any atom is 0.347 e. The molecular weight excluding hydrogens is 425 g/mol. The fraction of sp³-hybridized carbons (Fsp3) is 0.0769. The molecule has 33 heavy (non-hydrogen) atoms. The number of benzene rings is 2. The van der Waals surface area contributed by atoms with E-state index in [-0.39, 0.29) is 23.5 Å².